The van der Waals surface area contributed by atoms with E-state index in [0.29, 0.717) is 32.0 Å². The first-order valence-corrected chi connectivity index (χ1v) is 8.88. The number of rotatable bonds is 4. The van der Waals surface area contributed by atoms with E-state index < -0.39 is 29.2 Å². The third-order valence-corrected chi connectivity index (χ3v) is 5.47. The number of carbonyl (C=O) groups is 2. The highest BCUT2D eigenvalue weighted by Crippen LogP contribution is 2.42. The van der Waals surface area contributed by atoms with Crippen LogP contribution >= 0.6 is 0 Å². The Balaban J connectivity index is 1.21. The second kappa shape index (κ2) is 6.52. The minimum absolute atomic E-state index is 0.00346. The lowest BCUT2D eigenvalue weighted by Gasteiger charge is -2.47. The summed E-state index contributed by atoms with van der Waals surface area (Å²) in [6.45, 7) is 1.30. The molecule has 2 saturated heterocycles. The first-order valence-electron chi connectivity index (χ1n) is 8.88. The Kier molecular flexibility index (Phi) is 4.39. The average molecular weight is 402 g/mol. The zero-order valence-corrected chi connectivity index (χ0v) is 14.7. The standard InChI is InChI=1S/C18H18F4N2O4/c19-13-3-12(18(20,21)22)1-2-14(13)27-8-10-6-24(7-10)15(25)11-4-17(5-11)9-28-16(26)23-17/h1-3,10-11H,4-9H2,(H,23,26)/t11-,17-. The van der Waals surface area contributed by atoms with Gasteiger partial charge in [0.25, 0.3) is 0 Å². The number of halogens is 4. The van der Waals surface area contributed by atoms with Crippen molar-refractivity contribution in [1.82, 2.24) is 10.2 Å². The Labute approximate surface area is 157 Å². The van der Waals surface area contributed by atoms with Crippen molar-refractivity contribution in [2.24, 2.45) is 11.8 Å². The quantitative estimate of drug-likeness (QED) is 0.787. The number of alkyl halides is 3. The minimum atomic E-state index is -4.61. The lowest BCUT2D eigenvalue weighted by atomic mass is 9.68. The van der Waals surface area contributed by atoms with Crippen LogP contribution in [0.2, 0.25) is 0 Å². The summed E-state index contributed by atoms with van der Waals surface area (Å²) in [7, 11) is 0. The molecule has 0 aromatic heterocycles. The Morgan fingerprint density at radius 2 is 2.04 bits per heavy atom. The van der Waals surface area contributed by atoms with Crippen LogP contribution in [0.5, 0.6) is 5.75 Å². The summed E-state index contributed by atoms with van der Waals surface area (Å²) in [5.74, 6) is -1.47. The maximum atomic E-state index is 13.8. The van der Waals surface area contributed by atoms with Crippen LogP contribution in [0, 0.1) is 17.7 Å². The van der Waals surface area contributed by atoms with Crippen LogP contribution in [-0.4, -0.2) is 48.7 Å². The summed E-state index contributed by atoms with van der Waals surface area (Å²) in [6.07, 6.45) is -3.97. The van der Waals surface area contributed by atoms with Crippen molar-refractivity contribution < 1.29 is 36.6 Å². The predicted molar refractivity (Wildman–Crippen MR) is 86.9 cm³/mol. The van der Waals surface area contributed by atoms with E-state index in [1.165, 1.54) is 0 Å². The topological polar surface area (TPSA) is 67.9 Å². The van der Waals surface area contributed by atoms with Crippen molar-refractivity contribution in [1.29, 1.82) is 0 Å². The smallest absolute Gasteiger partial charge is 0.416 e. The predicted octanol–water partition coefficient (Wildman–Crippen LogP) is 2.57. The van der Waals surface area contributed by atoms with Gasteiger partial charge >= 0.3 is 12.3 Å². The van der Waals surface area contributed by atoms with Gasteiger partial charge in [-0.05, 0) is 31.0 Å². The van der Waals surface area contributed by atoms with Crippen LogP contribution < -0.4 is 10.1 Å². The van der Waals surface area contributed by atoms with Gasteiger partial charge in [-0.3, -0.25) is 4.79 Å². The summed E-state index contributed by atoms with van der Waals surface area (Å²) in [5, 5.41) is 2.73. The molecule has 2 heterocycles. The van der Waals surface area contributed by atoms with Crippen molar-refractivity contribution in [3.05, 3.63) is 29.6 Å². The van der Waals surface area contributed by atoms with Crippen molar-refractivity contribution in [2.45, 2.75) is 24.6 Å². The highest BCUT2D eigenvalue weighted by molar-refractivity contribution is 5.82. The van der Waals surface area contributed by atoms with Gasteiger partial charge in [-0.2, -0.15) is 13.2 Å². The number of carbonyl (C=O) groups excluding carboxylic acids is 2. The molecule has 0 radical (unpaired) electrons. The van der Waals surface area contributed by atoms with Gasteiger partial charge in [0.1, 0.15) is 6.61 Å². The van der Waals surface area contributed by atoms with Gasteiger partial charge in [0.2, 0.25) is 5.91 Å². The SMILES string of the molecule is O=C1N[C@]2(CO1)C[C@@H](C(=O)N1CC(COc3ccc(C(F)(F)F)cc3F)C1)C2. The number of hydrogen-bond acceptors (Lipinski definition) is 4. The summed E-state index contributed by atoms with van der Waals surface area (Å²) in [6, 6.07) is 2.14. The molecule has 0 bridgehead atoms. The molecule has 152 valence electrons. The molecule has 1 aliphatic carbocycles. The molecule has 1 spiro atoms. The van der Waals surface area contributed by atoms with E-state index in [4.69, 9.17) is 9.47 Å². The maximum absolute atomic E-state index is 13.8. The van der Waals surface area contributed by atoms with Gasteiger partial charge in [-0.25, -0.2) is 9.18 Å². The largest absolute Gasteiger partial charge is 0.490 e. The third kappa shape index (κ3) is 3.47. The Hall–Kier alpha value is -2.52. The van der Waals surface area contributed by atoms with Gasteiger partial charge in [0.15, 0.2) is 11.6 Å². The zero-order chi connectivity index (χ0) is 20.1. The highest BCUT2D eigenvalue weighted by atomic mass is 19.4. The van der Waals surface area contributed by atoms with Crippen LogP contribution in [0.3, 0.4) is 0 Å². The van der Waals surface area contributed by atoms with Crippen LogP contribution in [0.4, 0.5) is 22.4 Å². The number of amides is 2. The fraction of sp³-hybridized carbons (Fsp3) is 0.556. The van der Waals surface area contributed by atoms with Gasteiger partial charge in [-0.1, -0.05) is 0 Å². The number of alkyl carbamates (subject to hydrolysis) is 1. The Bertz CT molecular complexity index is 801. The third-order valence-electron chi connectivity index (χ3n) is 5.47. The molecule has 1 aromatic carbocycles. The van der Waals surface area contributed by atoms with Crippen molar-refractivity contribution in [3.63, 3.8) is 0 Å². The number of cyclic esters (lactones) is 1. The van der Waals surface area contributed by atoms with E-state index in [1.807, 2.05) is 0 Å². The molecule has 10 heteroatoms. The molecule has 3 aliphatic rings. The van der Waals surface area contributed by atoms with E-state index >= 15 is 0 Å². The molecule has 28 heavy (non-hydrogen) atoms. The lowest BCUT2D eigenvalue weighted by Crippen LogP contribution is -2.61. The molecule has 1 N–H and O–H groups in total. The van der Waals surface area contributed by atoms with Crippen LogP contribution in [0.1, 0.15) is 18.4 Å². The lowest BCUT2D eigenvalue weighted by molar-refractivity contribution is -0.148. The molecule has 2 amide bonds. The maximum Gasteiger partial charge on any atom is 0.416 e. The molecule has 0 atom stereocenters. The van der Waals surface area contributed by atoms with E-state index in [0.717, 1.165) is 12.1 Å². The number of nitrogens with one attached hydrogen (secondary N) is 1. The average Bonchev–Trinajstić information content (AvgIpc) is 2.94. The van der Waals surface area contributed by atoms with Crippen LogP contribution in [-0.2, 0) is 15.7 Å². The number of hydrogen-bond donors (Lipinski definition) is 1. The van der Waals surface area contributed by atoms with E-state index in [2.05, 4.69) is 5.32 Å². The zero-order valence-electron chi connectivity index (χ0n) is 14.7. The Morgan fingerprint density at radius 3 is 2.61 bits per heavy atom. The number of nitrogens with zero attached hydrogens (tertiary/aromatic N) is 1. The second-order valence-corrected chi connectivity index (χ2v) is 7.65. The number of benzene rings is 1. The molecule has 0 unspecified atom stereocenters. The molecule has 1 saturated carbocycles. The molecule has 3 fully saturated rings. The minimum Gasteiger partial charge on any atom is -0.490 e. The highest BCUT2D eigenvalue weighted by Gasteiger charge is 2.54. The van der Waals surface area contributed by atoms with Crippen molar-refractivity contribution in [2.75, 3.05) is 26.3 Å². The fourth-order valence-corrected chi connectivity index (χ4v) is 3.89. The summed E-state index contributed by atoms with van der Waals surface area (Å²) >= 11 is 0. The number of ether oxygens (including phenoxy) is 2. The first-order chi connectivity index (χ1) is 13.2. The van der Waals surface area contributed by atoms with Crippen LogP contribution in [0.25, 0.3) is 0 Å². The van der Waals surface area contributed by atoms with E-state index in [9.17, 15) is 27.2 Å². The molecular formula is C18H18F4N2O4. The fourth-order valence-electron chi connectivity index (χ4n) is 3.89. The van der Waals surface area contributed by atoms with Gasteiger partial charge < -0.3 is 19.7 Å². The van der Waals surface area contributed by atoms with Gasteiger partial charge in [0, 0.05) is 24.9 Å². The molecule has 4 rings (SSSR count). The summed E-state index contributed by atoms with van der Waals surface area (Å²) in [4.78, 5) is 25.2. The first kappa shape index (κ1) is 18.8. The summed E-state index contributed by atoms with van der Waals surface area (Å²) < 4.78 is 61.5. The van der Waals surface area contributed by atoms with E-state index in [-0.39, 0.29) is 36.7 Å². The Morgan fingerprint density at radius 1 is 1.32 bits per heavy atom. The molecule has 1 aromatic rings. The van der Waals surface area contributed by atoms with Gasteiger partial charge in [-0.15, -0.1) is 0 Å². The monoisotopic (exact) mass is 402 g/mol. The number of likely N-dealkylation sites (tertiary alicyclic amines) is 1. The van der Waals surface area contributed by atoms with Crippen molar-refractivity contribution in [3.8, 4) is 5.75 Å². The molecular weight excluding hydrogens is 384 g/mol. The van der Waals surface area contributed by atoms with Crippen LogP contribution in [0.15, 0.2) is 18.2 Å². The van der Waals surface area contributed by atoms with Crippen molar-refractivity contribution >= 4 is 12.0 Å². The van der Waals surface area contributed by atoms with E-state index in [1.54, 1.807) is 4.90 Å². The normalized spacial score (nSPS) is 27.1. The second-order valence-electron chi connectivity index (χ2n) is 7.65. The summed E-state index contributed by atoms with van der Waals surface area (Å²) in [5.41, 5.74) is -1.48. The van der Waals surface area contributed by atoms with Gasteiger partial charge in [0.05, 0.1) is 17.7 Å². The molecule has 2 aliphatic heterocycles. The molecule has 6 nitrogen and oxygen atoms in total.